The summed E-state index contributed by atoms with van der Waals surface area (Å²) in [4.78, 5) is 0. The van der Waals surface area contributed by atoms with Gasteiger partial charge in [0.1, 0.15) is 17.7 Å². The van der Waals surface area contributed by atoms with Crippen LogP contribution in [-0.4, -0.2) is 11.2 Å². The first-order chi connectivity index (χ1) is 9.20. The predicted molar refractivity (Wildman–Crippen MR) is 73.8 cm³/mol. The summed E-state index contributed by atoms with van der Waals surface area (Å²) < 4.78 is 19.0. The van der Waals surface area contributed by atoms with Crippen LogP contribution in [0.15, 0.2) is 18.2 Å². The molecule has 1 aliphatic rings. The van der Waals surface area contributed by atoms with E-state index in [1.54, 1.807) is 6.07 Å². The lowest BCUT2D eigenvalue weighted by Crippen LogP contribution is -2.25. The molecule has 0 amide bonds. The van der Waals surface area contributed by atoms with E-state index in [1.165, 1.54) is 37.8 Å². The fraction of sp³-hybridized carbons (Fsp3) is 0.625. The lowest BCUT2D eigenvalue weighted by molar-refractivity contribution is 0.0601. The fourth-order valence-electron chi connectivity index (χ4n) is 2.64. The minimum Gasteiger partial charge on any atom is -0.490 e. The first kappa shape index (κ1) is 14.3. The number of aliphatic hydroxyl groups is 1. The van der Waals surface area contributed by atoms with Gasteiger partial charge < -0.3 is 9.84 Å². The van der Waals surface area contributed by atoms with E-state index >= 15 is 0 Å². The Hall–Kier alpha value is -1.09. The van der Waals surface area contributed by atoms with Gasteiger partial charge in [-0.2, -0.15) is 0 Å². The minimum absolute atomic E-state index is 0.0644. The van der Waals surface area contributed by atoms with E-state index in [-0.39, 0.29) is 11.9 Å². The Kier molecular flexibility index (Phi) is 5.20. The predicted octanol–water partition coefficient (Wildman–Crippen LogP) is 4.37. The standard InChI is InChI=1S/C16H23FO2/c1-2-3-4-5-6-7-13-11-15(18)14-10-12(17)8-9-16(14)19-13/h8-10,13,15,18H,2-7,11H2,1H3/t13?,15-/m0/s1. The number of ether oxygens (including phenoxy) is 1. The van der Waals surface area contributed by atoms with Crippen LogP contribution >= 0.6 is 0 Å². The molecule has 0 aliphatic carbocycles. The van der Waals surface area contributed by atoms with Crippen LogP contribution in [0.25, 0.3) is 0 Å². The van der Waals surface area contributed by atoms with E-state index in [0.29, 0.717) is 17.7 Å². The van der Waals surface area contributed by atoms with E-state index in [1.807, 2.05) is 0 Å². The molecular weight excluding hydrogens is 243 g/mol. The van der Waals surface area contributed by atoms with Gasteiger partial charge in [0.15, 0.2) is 0 Å². The third-order valence-electron chi connectivity index (χ3n) is 3.74. The number of benzene rings is 1. The van der Waals surface area contributed by atoms with E-state index in [2.05, 4.69) is 6.92 Å². The fourth-order valence-corrected chi connectivity index (χ4v) is 2.64. The van der Waals surface area contributed by atoms with Crippen molar-refractivity contribution in [1.29, 1.82) is 0 Å². The Balaban J connectivity index is 1.85. The molecule has 0 saturated carbocycles. The monoisotopic (exact) mass is 266 g/mol. The number of hydrogen-bond acceptors (Lipinski definition) is 2. The van der Waals surface area contributed by atoms with Crippen LogP contribution in [0.1, 0.15) is 63.5 Å². The molecule has 1 heterocycles. The Bertz CT molecular complexity index is 406. The normalized spacial score (nSPS) is 21.8. The Morgan fingerprint density at radius 1 is 1.26 bits per heavy atom. The maximum absolute atomic E-state index is 13.1. The molecule has 1 aromatic rings. The first-order valence-electron chi connectivity index (χ1n) is 7.35. The largest absolute Gasteiger partial charge is 0.490 e. The number of halogens is 1. The molecule has 3 heteroatoms. The van der Waals surface area contributed by atoms with Crippen LogP contribution in [0.3, 0.4) is 0 Å². The number of rotatable bonds is 6. The van der Waals surface area contributed by atoms with Crippen LogP contribution < -0.4 is 4.74 Å². The summed E-state index contributed by atoms with van der Waals surface area (Å²) in [6.07, 6.45) is 7.17. The summed E-state index contributed by atoms with van der Waals surface area (Å²) in [5, 5.41) is 10.1. The van der Waals surface area contributed by atoms with E-state index < -0.39 is 6.10 Å². The van der Waals surface area contributed by atoms with Crippen molar-refractivity contribution in [2.75, 3.05) is 0 Å². The maximum atomic E-state index is 13.1. The number of aliphatic hydroxyl groups excluding tert-OH is 1. The van der Waals surface area contributed by atoms with Crippen LogP contribution in [0, 0.1) is 5.82 Å². The highest BCUT2D eigenvalue weighted by Gasteiger charge is 2.26. The number of unbranched alkanes of at least 4 members (excludes halogenated alkanes) is 4. The maximum Gasteiger partial charge on any atom is 0.125 e. The average molecular weight is 266 g/mol. The summed E-state index contributed by atoms with van der Waals surface area (Å²) in [7, 11) is 0. The number of fused-ring (bicyclic) bond motifs is 1. The highest BCUT2D eigenvalue weighted by Crippen LogP contribution is 2.36. The molecule has 0 aromatic heterocycles. The van der Waals surface area contributed by atoms with Crippen LogP contribution in [0.5, 0.6) is 5.75 Å². The third kappa shape index (κ3) is 3.93. The quantitative estimate of drug-likeness (QED) is 0.775. The molecule has 1 aromatic carbocycles. The molecule has 0 spiro atoms. The SMILES string of the molecule is CCCCCCCC1C[C@H](O)c2cc(F)ccc2O1. The molecule has 0 bridgehead atoms. The molecule has 1 unspecified atom stereocenters. The molecule has 2 rings (SSSR count). The van der Waals surface area contributed by atoms with Gasteiger partial charge in [-0.05, 0) is 31.0 Å². The molecule has 0 radical (unpaired) electrons. The molecule has 1 aliphatic heterocycles. The smallest absolute Gasteiger partial charge is 0.125 e. The van der Waals surface area contributed by atoms with Crippen molar-refractivity contribution < 1.29 is 14.2 Å². The van der Waals surface area contributed by atoms with Gasteiger partial charge in [0.05, 0.1) is 6.10 Å². The summed E-state index contributed by atoms with van der Waals surface area (Å²) in [6, 6.07) is 4.38. The lowest BCUT2D eigenvalue weighted by Gasteiger charge is -2.29. The van der Waals surface area contributed by atoms with Crippen LogP contribution in [0.4, 0.5) is 4.39 Å². The zero-order valence-corrected chi connectivity index (χ0v) is 11.6. The average Bonchev–Trinajstić information content (AvgIpc) is 2.39. The van der Waals surface area contributed by atoms with Crippen molar-refractivity contribution >= 4 is 0 Å². The minimum atomic E-state index is -0.597. The summed E-state index contributed by atoms with van der Waals surface area (Å²) in [6.45, 7) is 2.21. The van der Waals surface area contributed by atoms with Crippen molar-refractivity contribution in [2.24, 2.45) is 0 Å². The first-order valence-corrected chi connectivity index (χ1v) is 7.35. The number of hydrogen-bond donors (Lipinski definition) is 1. The summed E-state index contributed by atoms with van der Waals surface area (Å²) in [5.41, 5.74) is 0.585. The van der Waals surface area contributed by atoms with Crippen molar-refractivity contribution in [3.63, 3.8) is 0 Å². The molecule has 2 nitrogen and oxygen atoms in total. The highest BCUT2D eigenvalue weighted by molar-refractivity contribution is 5.37. The second-order valence-electron chi connectivity index (χ2n) is 5.38. The van der Waals surface area contributed by atoms with Gasteiger partial charge in [-0.3, -0.25) is 0 Å². The molecule has 0 saturated heterocycles. The van der Waals surface area contributed by atoms with Gasteiger partial charge in [-0.25, -0.2) is 4.39 Å². The summed E-state index contributed by atoms with van der Waals surface area (Å²) in [5.74, 6) is 0.318. The Morgan fingerprint density at radius 3 is 2.84 bits per heavy atom. The zero-order chi connectivity index (χ0) is 13.7. The van der Waals surface area contributed by atoms with Gasteiger partial charge >= 0.3 is 0 Å². The van der Waals surface area contributed by atoms with Crippen LogP contribution in [0.2, 0.25) is 0 Å². The van der Waals surface area contributed by atoms with Crippen molar-refractivity contribution in [3.8, 4) is 5.75 Å². The topological polar surface area (TPSA) is 29.5 Å². The van der Waals surface area contributed by atoms with E-state index in [0.717, 1.165) is 12.8 Å². The molecule has 106 valence electrons. The molecule has 19 heavy (non-hydrogen) atoms. The van der Waals surface area contributed by atoms with E-state index in [9.17, 15) is 9.50 Å². The third-order valence-corrected chi connectivity index (χ3v) is 3.74. The van der Waals surface area contributed by atoms with Gasteiger partial charge in [-0.15, -0.1) is 0 Å². The van der Waals surface area contributed by atoms with Crippen molar-refractivity contribution in [2.45, 2.75) is 64.1 Å². The molecule has 1 N–H and O–H groups in total. The zero-order valence-electron chi connectivity index (χ0n) is 11.6. The molecule has 0 fully saturated rings. The Morgan fingerprint density at radius 2 is 2.05 bits per heavy atom. The molecular formula is C16H23FO2. The summed E-state index contributed by atoms with van der Waals surface area (Å²) >= 11 is 0. The second kappa shape index (κ2) is 6.90. The second-order valence-corrected chi connectivity index (χ2v) is 5.38. The van der Waals surface area contributed by atoms with Gasteiger partial charge in [0, 0.05) is 12.0 Å². The Labute approximate surface area is 114 Å². The van der Waals surface area contributed by atoms with E-state index in [4.69, 9.17) is 4.74 Å². The van der Waals surface area contributed by atoms with Gasteiger partial charge in [0.2, 0.25) is 0 Å². The van der Waals surface area contributed by atoms with Crippen LogP contribution in [-0.2, 0) is 0 Å². The van der Waals surface area contributed by atoms with Gasteiger partial charge in [0.25, 0.3) is 0 Å². The molecule has 2 atom stereocenters. The highest BCUT2D eigenvalue weighted by atomic mass is 19.1. The van der Waals surface area contributed by atoms with Crippen molar-refractivity contribution in [3.05, 3.63) is 29.6 Å². The lowest BCUT2D eigenvalue weighted by atomic mass is 9.96. The van der Waals surface area contributed by atoms with Gasteiger partial charge in [-0.1, -0.05) is 32.6 Å². The van der Waals surface area contributed by atoms with Crippen molar-refractivity contribution in [1.82, 2.24) is 0 Å².